The van der Waals surface area contributed by atoms with Gasteiger partial charge in [0, 0.05) is 12.6 Å². The summed E-state index contributed by atoms with van der Waals surface area (Å²) in [5.41, 5.74) is 0.893. The minimum atomic E-state index is -3.87. The zero-order valence-corrected chi connectivity index (χ0v) is 23.4. The number of hydrogen-bond donors (Lipinski definition) is 1. The first kappa shape index (κ1) is 29.1. The molecule has 1 fully saturated rings. The Morgan fingerprint density at radius 3 is 2.15 bits per heavy atom. The molecule has 10 heteroatoms. The second kappa shape index (κ2) is 13.0. The summed E-state index contributed by atoms with van der Waals surface area (Å²) >= 11 is 0. The van der Waals surface area contributed by atoms with Crippen molar-refractivity contribution < 1.29 is 27.1 Å². The lowest BCUT2D eigenvalue weighted by atomic mass is 10.1. The third kappa shape index (κ3) is 7.81. The largest absolute Gasteiger partial charge is 0.457 e. The van der Waals surface area contributed by atoms with Gasteiger partial charge < -0.3 is 15.0 Å². The molecule has 0 spiro atoms. The third-order valence-electron chi connectivity index (χ3n) is 6.92. The van der Waals surface area contributed by atoms with Gasteiger partial charge in [0.25, 0.3) is 0 Å². The van der Waals surface area contributed by atoms with E-state index in [9.17, 15) is 22.4 Å². The number of halogens is 1. The molecule has 8 nitrogen and oxygen atoms in total. The van der Waals surface area contributed by atoms with Gasteiger partial charge in [-0.3, -0.25) is 13.9 Å². The van der Waals surface area contributed by atoms with Crippen molar-refractivity contribution in [1.82, 2.24) is 10.2 Å². The molecular weight excluding hydrogens is 533 g/mol. The van der Waals surface area contributed by atoms with Crippen LogP contribution in [0.4, 0.5) is 10.1 Å². The highest BCUT2D eigenvalue weighted by Gasteiger charge is 2.31. The first-order valence-corrected chi connectivity index (χ1v) is 15.1. The van der Waals surface area contributed by atoms with Crippen LogP contribution in [0.2, 0.25) is 0 Å². The van der Waals surface area contributed by atoms with Crippen LogP contribution in [0.5, 0.6) is 11.5 Å². The molecular formula is C30H34FN3O5S. The van der Waals surface area contributed by atoms with Crippen molar-refractivity contribution in [1.29, 1.82) is 0 Å². The number of hydrogen-bond acceptors (Lipinski definition) is 5. The second-order valence-electron chi connectivity index (χ2n) is 9.99. The quantitative estimate of drug-likeness (QED) is 0.357. The monoisotopic (exact) mass is 567 g/mol. The van der Waals surface area contributed by atoms with E-state index in [1.54, 1.807) is 43.3 Å². The summed E-state index contributed by atoms with van der Waals surface area (Å²) in [6.07, 6.45) is 4.87. The normalized spacial score (nSPS) is 14.4. The predicted molar refractivity (Wildman–Crippen MR) is 152 cm³/mol. The smallest absolute Gasteiger partial charge is 0.244 e. The van der Waals surface area contributed by atoms with Gasteiger partial charge in [0.05, 0.1) is 11.9 Å². The number of benzene rings is 3. The van der Waals surface area contributed by atoms with Crippen LogP contribution in [0.1, 0.15) is 38.2 Å². The van der Waals surface area contributed by atoms with Gasteiger partial charge in [-0.2, -0.15) is 0 Å². The van der Waals surface area contributed by atoms with Crippen LogP contribution in [0, 0.1) is 5.82 Å². The molecule has 40 heavy (non-hydrogen) atoms. The van der Waals surface area contributed by atoms with E-state index in [0.717, 1.165) is 36.2 Å². The van der Waals surface area contributed by atoms with E-state index in [0.29, 0.717) is 17.1 Å². The first-order valence-electron chi connectivity index (χ1n) is 13.2. The van der Waals surface area contributed by atoms with Crippen molar-refractivity contribution in [2.45, 2.75) is 51.2 Å². The number of nitrogens with one attached hydrogen (secondary N) is 1. The molecule has 1 aliphatic rings. The number of rotatable bonds is 11. The van der Waals surface area contributed by atoms with Gasteiger partial charge in [0.1, 0.15) is 29.9 Å². The van der Waals surface area contributed by atoms with Crippen LogP contribution >= 0.6 is 0 Å². The fraction of sp³-hybridized carbons (Fsp3) is 0.333. The van der Waals surface area contributed by atoms with Gasteiger partial charge in [0.2, 0.25) is 21.8 Å². The summed E-state index contributed by atoms with van der Waals surface area (Å²) < 4.78 is 45.9. The van der Waals surface area contributed by atoms with Gasteiger partial charge >= 0.3 is 0 Å². The van der Waals surface area contributed by atoms with Crippen LogP contribution in [-0.2, 0) is 26.2 Å². The fourth-order valence-corrected chi connectivity index (χ4v) is 5.53. The summed E-state index contributed by atoms with van der Waals surface area (Å²) in [4.78, 5) is 28.1. The summed E-state index contributed by atoms with van der Waals surface area (Å²) in [7, 11) is -3.87. The first-order chi connectivity index (χ1) is 19.1. The molecule has 0 aliphatic heterocycles. The number of ether oxygens (including phenoxy) is 1. The van der Waals surface area contributed by atoms with Crippen molar-refractivity contribution in [3.05, 3.63) is 90.2 Å². The number of amides is 2. The van der Waals surface area contributed by atoms with Crippen LogP contribution in [0.3, 0.4) is 0 Å². The summed E-state index contributed by atoms with van der Waals surface area (Å²) in [6, 6.07) is 20.3. The highest BCUT2D eigenvalue weighted by Crippen LogP contribution is 2.26. The fourth-order valence-electron chi connectivity index (χ4n) is 4.68. The third-order valence-corrected chi connectivity index (χ3v) is 8.06. The standard InChI is InChI=1S/C30H34FN3O5S/c1-22(30(36)32-25-8-6-7-9-25)33(20-23-12-14-24(31)15-13-23)29(35)21-34(40(2,37)38)26-16-18-28(19-17-26)39-27-10-4-3-5-11-27/h3-5,10-19,22,25H,6-9,20-21H2,1-2H3,(H,32,36)/t22-/m1/s1. The summed E-state index contributed by atoms with van der Waals surface area (Å²) in [5, 5.41) is 3.01. The van der Waals surface area contributed by atoms with Crippen LogP contribution in [0.15, 0.2) is 78.9 Å². The second-order valence-corrected chi connectivity index (χ2v) is 11.9. The molecule has 3 aromatic rings. The van der Waals surface area contributed by atoms with Crippen LogP contribution in [-0.4, -0.2) is 50.0 Å². The Morgan fingerprint density at radius 2 is 1.55 bits per heavy atom. The highest BCUT2D eigenvalue weighted by molar-refractivity contribution is 7.92. The van der Waals surface area contributed by atoms with Gasteiger partial charge in [-0.1, -0.05) is 43.2 Å². The Bertz CT molecular complexity index is 1390. The van der Waals surface area contributed by atoms with Gasteiger partial charge in [-0.15, -0.1) is 0 Å². The molecule has 3 aromatic carbocycles. The SMILES string of the molecule is C[C@H](C(=O)NC1CCCC1)N(Cc1ccc(F)cc1)C(=O)CN(c1ccc(Oc2ccccc2)cc1)S(C)(=O)=O. The van der Waals surface area contributed by atoms with E-state index in [1.165, 1.54) is 29.2 Å². The molecule has 1 N–H and O–H groups in total. The van der Waals surface area contributed by atoms with Crippen molar-refractivity contribution in [2.75, 3.05) is 17.1 Å². The van der Waals surface area contributed by atoms with E-state index in [1.807, 2.05) is 18.2 Å². The predicted octanol–water partition coefficient (Wildman–Crippen LogP) is 4.86. The summed E-state index contributed by atoms with van der Waals surface area (Å²) in [6.45, 7) is 1.12. The number of carbonyl (C=O) groups is 2. The van der Waals surface area contributed by atoms with Gasteiger partial charge in [0.15, 0.2) is 0 Å². The maximum atomic E-state index is 13.7. The molecule has 1 aliphatic carbocycles. The molecule has 0 bridgehead atoms. The molecule has 0 saturated heterocycles. The number of para-hydroxylation sites is 1. The molecule has 0 unspecified atom stereocenters. The molecule has 1 atom stereocenters. The molecule has 4 rings (SSSR count). The molecule has 2 amide bonds. The average molecular weight is 568 g/mol. The Labute approximate surface area is 234 Å². The maximum absolute atomic E-state index is 13.7. The maximum Gasteiger partial charge on any atom is 0.244 e. The number of carbonyl (C=O) groups excluding carboxylic acids is 2. The van der Waals surface area contributed by atoms with Gasteiger partial charge in [-0.25, -0.2) is 12.8 Å². The van der Waals surface area contributed by atoms with Crippen molar-refractivity contribution >= 4 is 27.5 Å². The van der Waals surface area contributed by atoms with E-state index < -0.39 is 34.3 Å². The van der Waals surface area contributed by atoms with Gasteiger partial charge in [-0.05, 0) is 73.9 Å². The average Bonchev–Trinajstić information content (AvgIpc) is 3.44. The molecule has 0 aromatic heterocycles. The molecule has 0 radical (unpaired) electrons. The number of nitrogens with zero attached hydrogens (tertiary/aromatic N) is 2. The van der Waals surface area contributed by atoms with E-state index >= 15 is 0 Å². The van der Waals surface area contributed by atoms with E-state index in [-0.39, 0.29) is 24.2 Å². The van der Waals surface area contributed by atoms with E-state index in [2.05, 4.69) is 5.32 Å². The Morgan fingerprint density at radius 1 is 0.950 bits per heavy atom. The lowest BCUT2D eigenvalue weighted by molar-refractivity contribution is -0.139. The zero-order chi connectivity index (χ0) is 28.7. The number of anilines is 1. The van der Waals surface area contributed by atoms with E-state index in [4.69, 9.17) is 4.74 Å². The van der Waals surface area contributed by atoms with Crippen molar-refractivity contribution in [3.8, 4) is 11.5 Å². The Balaban J connectivity index is 1.55. The molecule has 1 saturated carbocycles. The topological polar surface area (TPSA) is 96.0 Å². The minimum Gasteiger partial charge on any atom is -0.457 e. The molecule has 212 valence electrons. The minimum absolute atomic E-state index is 0.0137. The van der Waals surface area contributed by atoms with Crippen LogP contribution in [0.25, 0.3) is 0 Å². The lowest BCUT2D eigenvalue weighted by Crippen LogP contribution is -2.52. The van der Waals surface area contributed by atoms with Crippen LogP contribution < -0.4 is 14.4 Å². The number of sulfonamides is 1. The van der Waals surface area contributed by atoms with Crippen molar-refractivity contribution in [2.24, 2.45) is 0 Å². The summed E-state index contributed by atoms with van der Waals surface area (Å²) in [5.74, 6) is -0.155. The lowest BCUT2D eigenvalue weighted by Gasteiger charge is -2.32. The Kier molecular flexibility index (Phi) is 9.42. The molecule has 0 heterocycles. The Hall–Kier alpha value is -3.92. The zero-order valence-electron chi connectivity index (χ0n) is 22.6. The van der Waals surface area contributed by atoms with Crippen molar-refractivity contribution in [3.63, 3.8) is 0 Å². The highest BCUT2D eigenvalue weighted by atomic mass is 32.2.